The Kier molecular flexibility index (Phi) is 53.3. The van der Waals surface area contributed by atoms with Crippen molar-refractivity contribution in [1.29, 1.82) is 0 Å². The minimum Gasteiger partial charge on any atom is -0.550 e. The molecule has 0 aromatic heterocycles. The van der Waals surface area contributed by atoms with Crippen molar-refractivity contribution in [2.24, 2.45) is 0 Å². The minimum absolute atomic E-state index is 0. The molecule has 0 rings (SSSR count). The molecule has 42 heavy (non-hydrogen) atoms. The van der Waals surface area contributed by atoms with Crippen LogP contribution in [0.1, 0.15) is 219 Å². The van der Waals surface area contributed by atoms with Crippen molar-refractivity contribution >= 4 is 52.0 Å². The number of carbonyl (C=O) groups is 2. The molecule has 0 aromatic rings. The molecule has 0 N–H and O–H groups in total. The molecule has 0 aliphatic heterocycles. The first kappa shape index (κ1) is 49.1. The first-order valence-corrected chi connectivity index (χ1v) is 17.9. The first-order chi connectivity index (χ1) is 19.5. The number of hydrogen-bond acceptors (Lipinski definition) is 4. The van der Waals surface area contributed by atoms with Crippen LogP contribution in [-0.2, 0) is 9.59 Å². The minimum atomic E-state index is -0.903. The number of aliphatic carboxylic acids is 2. The number of hydrogen-bond donors (Lipinski definition) is 0. The second-order valence-electron chi connectivity index (χ2n) is 12.1. The van der Waals surface area contributed by atoms with Gasteiger partial charge in [0.25, 0.3) is 0 Å². The van der Waals surface area contributed by atoms with Crippen LogP contribution in [0.25, 0.3) is 0 Å². The Morgan fingerprint density at radius 1 is 0.333 bits per heavy atom. The molecule has 0 aliphatic carbocycles. The van der Waals surface area contributed by atoms with Crippen LogP contribution >= 0.6 is 17.0 Å². The van der Waals surface area contributed by atoms with Crippen molar-refractivity contribution in [2.75, 3.05) is 0 Å². The van der Waals surface area contributed by atoms with E-state index >= 15 is 0 Å². The number of rotatable bonds is 32. The maximum Gasteiger partial charge on any atom is 2.00 e. The molecular weight excluding hydrogens is 601 g/mol. The zero-order valence-corrected chi connectivity index (χ0v) is 31.5. The number of carboxylic acid groups (broad SMARTS) is 2. The van der Waals surface area contributed by atoms with Crippen molar-refractivity contribution < 1.29 is 19.8 Å². The fourth-order valence-electron chi connectivity index (χ4n) is 5.28. The first-order valence-electron chi connectivity index (χ1n) is 17.9. The molecule has 0 aromatic carbocycles. The molecule has 0 saturated carbocycles. The van der Waals surface area contributed by atoms with Gasteiger partial charge < -0.3 is 19.8 Å². The molecule has 0 unspecified atom stereocenters. The quantitative estimate of drug-likeness (QED) is 0.0527. The van der Waals surface area contributed by atoms with Gasteiger partial charge in [0.15, 0.2) is 0 Å². The molecule has 0 aliphatic rings. The molecule has 0 spiro atoms. The Balaban J connectivity index is -0.000000328. The fourth-order valence-corrected chi connectivity index (χ4v) is 5.28. The van der Waals surface area contributed by atoms with Crippen LogP contribution in [0.4, 0.5) is 0 Å². The fraction of sp³-hybridized carbons (Fsp3) is 0.944. The smallest absolute Gasteiger partial charge is 0.550 e. The van der Waals surface area contributed by atoms with Crippen molar-refractivity contribution in [3.63, 3.8) is 0 Å². The number of halogens is 1. The Morgan fingerprint density at radius 2 is 0.476 bits per heavy atom. The monoisotopic (exact) mass is 670 g/mol. The third kappa shape index (κ3) is 52.8. The van der Waals surface area contributed by atoms with Gasteiger partial charge in [0.05, 0.1) is 0 Å². The molecule has 0 bridgehead atoms. The van der Waals surface area contributed by atoms with Crippen LogP contribution in [0.15, 0.2) is 0 Å². The molecule has 0 amide bonds. The summed E-state index contributed by atoms with van der Waals surface area (Å²) >= 11 is 0. The second kappa shape index (κ2) is 45.6. The van der Waals surface area contributed by atoms with Crippen molar-refractivity contribution in [3.8, 4) is 0 Å². The van der Waals surface area contributed by atoms with E-state index in [2.05, 4.69) is 13.8 Å². The Hall–Kier alpha value is 0.186. The van der Waals surface area contributed by atoms with Gasteiger partial charge in [-0.2, -0.15) is 0 Å². The summed E-state index contributed by atoms with van der Waals surface area (Å²) in [7, 11) is 0. The van der Waals surface area contributed by atoms with Gasteiger partial charge in [0, 0.05) is 11.9 Å². The summed E-state index contributed by atoms with van der Waals surface area (Å²) in [5, 5.41) is 20.4. The van der Waals surface area contributed by atoms with E-state index in [1.165, 1.54) is 167 Å². The predicted octanol–water partition coefficient (Wildman–Crippen LogP) is 10.2. The number of carbonyl (C=O) groups excluding carboxylic acids is 2. The second-order valence-corrected chi connectivity index (χ2v) is 12.1. The number of unbranched alkanes of at least 4 members (excludes halogenated alkanes) is 28. The van der Waals surface area contributed by atoms with E-state index in [-0.39, 0.29) is 52.9 Å². The van der Waals surface area contributed by atoms with Gasteiger partial charge in [0.2, 0.25) is 0 Å². The van der Waals surface area contributed by atoms with E-state index < -0.39 is 11.9 Å². The summed E-state index contributed by atoms with van der Waals surface area (Å²) in [4.78, 5) is 20.4. The van der Waals surface area contributed by atoms with Crippen LogP contribution in [-0.4, -0.2) is 35.0 Å². The molecule has 6 heteroatoms. The van der Waals surface area contributed by atoms with E-state index in [4.69, 9.17) is 0 Å². The summed E-state index contributed by atoms with van der Waals surface area (Å²) in [6.07, 6.45) is 39.7. The molecular formula is C36H71BrMgO4. The topological polar surface area (TPSA) is 80.3 Å². The van der Waals surface area contributed by atoms with E-state index in [9.17, 15) is 19.8 Å². The summed E-state index contributed by atoms with van der Waals surface area (Å²) < 4.78 is 0. The Labute approximate surface area is 289 Å². The average molecular weight is 672 g/mol. The standard InChI is InChI=1S/2C18H36O2.BrH.Mg/c2*1-2-3-4-5-6-7-8-9-10-11-12-13-14-15-16-17-18(19)20;;/h2*2-17H2,1H3,(H,19,20);1H;/q;;;+2/p-2. The van der Waals surface area contributed by atoms with Gasteiger partial charge in [-0.15, -0.1) is 17.0 Å². The van der Waals surface area contributed by atoms with Crippen LogP contribution in [0, 0.1) is 0 Å². The maximum absolute atomic E-state index is 10.2. The molecule has 0 radical (unpaired) electrons. The predicted molar refractivity (Wildman–Crippen MR) is 185 cm³/mol. The summed E-state index contributed by atoms with van der Waals surface area (Å²) in [5.74, 6) is -1.81. The van der Waals surface area contributed by atoms with Crippen molar-refractivity contribution in [1.82, 2.24) is 0 Å². The van der Waals surface area contributed by atoms with Gasteiger partial charge in [-0.3, -0.25) is 0 Å². The van der Waals surface area contributed by atoms with Crippen LogP contribution in [0.5, 0.6) is 0 Å². The summed E-state index contributed by atoms with van der Waals surface area (Å²) in [6, 6.07) is 0. The van der Waals surface area contributed by atoms with E-state index in [1.807, 2.05) is 0 Å². The zero-order valence-electron chi connectivity index (χ0n) is 28.4. The van der Waals surface area contributed by atoms with Gasteiger partial charge in [0.1, 0.15) is 0 Å². The van der Waals surface area contributed by atoms with E-state index in [0.29, 0.717) is 0 Å². The normalized spacial score (nSPS) is 10.3. The number of carboxylic acids is 2. The Morgan fingerprint density at radius 3 is 0.619 bits per heavy atom. The van der Waals surface area contributed by atoms with Crippen molar-refractivity contribution in [2.45, 2.75) is 219 Å². The molecule has 0 saturated heterocycles. The molecule has 0 heterocycles. The third-order valence-corrected chi connectivity index (χ3v) is 7.97. The van der Waals surface area contributed by atoms with Gasteiger partial charge in [-0.25, -0.2) is 0 Å². The Bertz CT molecular complexity index is 461. The van der Waals surface area contributed by atoms with Crippen LogP contribution in [0.3, 0.4) is 0 Å². The van der Waals surface area contributed by atoms with Gasteiger partial charge >= 0.3 is 23.1 Å². The van der Waals surface area contributed by atoms with Gasteiger partial charge in [-0.1, -0.05) is 194 Å². The molecule has 4 nitrogen and oxygen atoms in total. The largest absolute Gasteiger partial charge is 2.00 e. The zero-order chi connectivity index (χ0) is 29.8. The summed E-state index contributed by atoms with van der Waals surface area (Å²) in [5.41, 5.74) is 0. The van der Waals surface area contributed by atoms with Gasteiger partial charge in [-0.05, 0) is 25.7 Å². The van der Waals surface area contributed by atoms with Crippen LogP contribution in [0.2, 0.25) is 0 Å². The third-order valence-electron chi connectivity index (χ3n) is 7.97. The molecule has 0 atom stereocenters. The SMILES string of the molecule is Br.CCCCCCCCCCCCCCCCCC(=O)[O-].CCCCCCCCCCCCCCCCCC(=O)[O-].[Mg+2]. The van der Waals surface area contributed by atoms with E-state index in [1.54, 1.807) is 0 Å². The van der Waals surface area contributed by atoms with E-state index in [0.717, 1.165) is 25.7 Å². The summed E-state index contributed by atoms with van der Waals surface area (Å²) in [6.45, 7) is 4.53. The maximum atomic E-state index is 10.2. The van der Waals surface area contributed by atoms with Crippen LogP contribution < -0.4 is 10.2 Å². The van der Waals surface area contributed by atoms with Crippen molar-refractivity contribution in [3.05, 3.63) is 0 Å². The molecule has 0 fully saturated rings. The average Bonchev–Trinajstić information content (AvgIpc) is 2.93. The molecule has 248 valence electrons.